The predicted molar refractivity (Wildman–Crippen MR) is 57.1 cm³/mol. The van der Waals surface area contributed by atoms with Gasteiger partial charge < -0.3 is 9.73 Å². The van der Waals surface area contributed by atoms with Gasteiger partial charge >= 0.3 is 0 Å². The normalized spacial score (nSPS) is 14.1. The third-order valence-corrected chi connectivity index (χ3v) is 3.73. The monoisotopic (exact) mass is 232 g/mol. The summed E-state index contributed by atoms with van der Waals surface area (Å²) in [4.78, 5) is 3.99. The summed E-state index contributed by atoms with van der Waals surface area (Å²) < 4.78 is 27.8. The molecule has 0 aliphatic carbocycles. The molecule has 0 radical (unpaired) electrons. The molecule has 1 atom stereocenters. The van der Waals surface area contributed by atoms with Crippen molar-refractivity contribution in [3.63, 3.8) is 0 Å². The van der Waals surface area contributed by atoms with E-state index >= 15 is 0 Å². The number of sulfone groups is 1. The van der Waals surface area contributed by atoms with Crippen molar-refractivity contribution < 1.29 is 12.8 Å². The van der Waals surface area contributed by atoms with Crippen LogP contribution in [0.25, 0.3) is 0 Å². The molecular weight excluding hydrogens is 216 g/mol. The highest BCUT2D eigenvalue weighted by atomic mass is 32.2. The highest BCUT2D eigenvalue weighted by Gasteiger charge is 2.24. The lowest BCUT2D eigenvalue weighted by Gasteiger charge is -2.07. The zero-order chi connectivity index (χ0) is 11.5. The highest BCUT2D eigenvalue weighted by Crippen LogP contribution is 2.23. The number of oxazole rings is 1. The van der Waals surface area contributed by atoms with Crippen LogP contribution in [0.1, 0.15) is 30.6 Å². The van der Waals surface area contributed by atoms with Crippen LogP contribution in [0, 0.1) is 0 Å². The van der Waals surface area contributed by atoms with Gasteiger partial charge in [-0.2, -0.15) is 0 Å². The minimum absolute atomic E-state index is 0.429. The number of rotatable bonds is 5. The molecule has 0 aromatic carbocycles. The Morgan fingerprint density at radius 1 is 1.60 bits per heavy atom. The van der Waals surface area contributed by atoms with Gasteiger partial charge in [-0.15, -0.1) is 0 Å². The lowest BCUT2D eigenvalue weighted by molar-refractivity contribution is 0.490. The molecule has 6 heteroatoms. The minimum atomic E-state index is -3.13. The fourth-order valence-corrected chi connectivity index (χ4v) is 1.76. The van der Waals surface area contributed by atoms with Crippen LogP contribution in [0.15, 0.2) is 10.8 Å². The van der Waals surface area contributed by atoms with Crippen molar-refractivity contribution in [2.75, 3.05) is 12.8 Å². The molecule has 1 aromatic heterocycles. The van der Waals surface area contributed by atoms with E-state index in [4.69, 9.17) is 4.42 Å². The molecule has 0 bridgehead atoms. The van der Waals surface area contributed by atoms with E-state index in [-0.39, 0.29) is 0 Å². The molecule has 5 nitrogen and oxygen atoms in total. The van der Waals surface area contributed by atoms with Gasteiger partial charge in [-0.05, 0) is 13.5 Å². The fourth-order valence-electron chi connectivity index (χ4n) is 1.18. The Labute approximate surface area is 89.8 Å². The van der Waals surface area contributed by atoms with E-state index in [1.165, 1.54) is 12.6 Å². The molecule has 1 aromatic rings. The molecular formula is C9H16N2O3S. The van der Waals surface area contributed by atoms with Gasteiger partial charge in [0.15, 0.2) is 16.2 Å². The van der Waals surface area contributed by atoms with Gasteiger partial charge in [0.05, 0.1) is 5.69 Å². The molecule has 0 aliphatic rings. The smallest absolute Gasteiger partial charge is 0.181 e. The summed E-state index contributed by atoms with van der Waals surface area (Å²) in [6, 6.07) is 0. The first kappa shape index (κ1) is 12.2. The Bertz CT molecular complexity index is 411. The summed E-state index contributed by atoms with van der Waals surface area (Å²) >= 11 is 0. The Hall–Kier alpha value is -0.880. The molecule has 0 amide bonds. The van der Waals surface area contributed by atoms with Crippen molar-refractivity contribution >= 4 is 9.84 Å². The van der Waals surface area contributed by atoms with Crippen LogP contribution in [0.4, 0.5) is 0 Å². The quantitative estimate of drug-likeness (QED) is 0.816. The van der Waals surface area contributed by atoms with Crippen molar-refractivity contribution in [1.29, 1.82) is 0 Å². The van der Waals surface area contributed by atoms with Crippen LogP contribution in [-0.4, -0.2) is 26.2 Å². The van der Waals surface area contributed by atoms with E-state index in [1.54, 1.807) is 6.92 Å². The largest absolute Gasteiger partial charge is 0.447 e. The van der Waals surface area contributed by atoms with Crippen molar-refractivity contribution in [2.24, 2.45) is 0 Å². The molecule has 1 heterocycles. The molecule has 1 rings (SSSR count). The summed E-state index contributed by atoms with van der Waals surface area (Å²) in [5.41, 5.74) is 0.662. The van der Waals surface area contributed by atoms with E-state index < -0.39 is 15.1 Å². The molecule has 1 unspecified atom stereocenters. The van der Waals surface area contributed by atoms with Gasteiger partial charge in [0, 0.05) is 12.8 Å². The number of hydrogen-bond acceptors (Lipinski definition) is 5. The Balaban J connectivity index is 2.90. The second-order valence-corrected chi connectivity index (χ2v) is 5.78. The molecule has 1 N–H and O–H groups in total. The summed E-state index contributed by atoms with van der Waals surface area (Å²) in [7, 11) is -3.13. The van der Waals surface area contributed by atoms with Gasteiger partial charge in [-0.25, -0.2) is 13.4 Å². The fraction of sp³-hybridized carbons (Fsp3) is 0.667. The minimum Gasteiger partial charge on any atom is -0.447 e. The lowest BCUT2D eigenvalue weighted by atomic mass is 10.3. The first-order valence-corrected chi connectivity index (χ1v) is 6.74. The Morgan fingerprint density at radius 3 is 2.80 bits per heavy atom. The maximum absolute atomic E-state index is 11.3. The Morgan fingerprint density at radius 2 is 2.27 bits per heavy atom. The van der Waals surface area contributed by atoms with E-state index in [0.29, 0.717) is 18.0 Å². The zero-order valence-electron chi connectivity index (χ0n) is 9.15. The molecule has 0 saturated carbocycles. The lowest BCUT2D eigenvalue weighted by Crippen LogP contribution is -2.15. The van der Waals surface area contributed by atoms with Gasteiger partial charge in [-0.3, -0.25) is 0 Å². The van der Waals surface area contributed by atoms with Crippen LogP contribution in [0.2, 0.25) is 0 Å². The summed E-state index contributed by atoms with van der Waals surface area (Å²) in [6.07, 6.45) is 2.47. The summed E-state index contributed by atoms with van der Waals surface area (Å²) in [5.74, 6) is 0.429. The third kappa shape index (κ3) is 3.04. The standard InChI is InChI=1S/C9H16N2O3S/c1-4-10-5-8-9(14-6-11-8)7(2)15(3,12)13/h6-7,10H,4-5H2,1-3H3. The van der Waals surface area contributed by atoms with Gasteiger partial charge in [-0.1, -0.05) is 6.92 Å². The van der Waals surface area contributed by atoms with E-state index in [1.807, 2.05) is 6.92 Å². The molecule has 86 valence electrons. The average Bonchev–Trinajstić information content (AvgIpc) is 2.59. The van der Waals surface area contributed by atoms with Gasteiger partial charge in [0.2, 0.25) is 0 Å². The first-order chi connectivity index (χ1) is 6.96. The van der Waals surface area contributed by atoms with Crippen LogP contribution < -0.4 is 5.32 Å². The van der Waals surface area contributed by atoms with Crippen LogP contribution in [-0.2, 0) is 16.4 Å². The van der Waals surface area contributed by atoms with Crippen LogP contribution >= 0.6 is 0 Å². The Kier molecular flexibility index (Phi) is 3.87. The second kappa shape index (κ2) is 4.76. The number of nitrogens with one attached hydrogen (secondary N) is 1. The molecule has 0 spiro atoms. The second-order valence-electron chi connectivity index (χ2n) is 3.42. The molecule has 0 fully saturated rings. The van der Waals surface area contributed by atoms with E-state index in [2.05, 4.69) is 10.3 Å². The molecule has 0 aliphatic heterocycles. The van der Waals surface area contributed by atoms with Crippen LogP contribution in [0.3, 0.4) is 0 Å². The number of nitrogens with zero attached hydrogens (tertiary/aromatic N) is 1. The maximum Gasteiger partial charge on any atom is 0.181 e. The van der Waals surface area contributed by atoms with Crippen molar-refractivity contribution in [1.82, 2.24) is 10.3 Å². The van der Waals surface area contributed by atoms with Crippen molar-refractivity contribution in [2.45, 2.75) is 25.6 Å². The third-order valence-electron chi connectivity index (χ3n) is 2.23. The topological polar surface area (TPSA) is 72.2 Å². The van der Waals surface area contributed by atoms with Gasteiger partial charge in [0.25, 0.3) is 0 Å². The first-order valence-electron chi connectivity index (χ1n) is 4.78. The number of hydrogen-bond donors (Lipinski definition) is 1. The highest BCUT2D eigenvalue weighted by molar-refractivity contribution is 7.90. The zero-order valence-corrected chi connectivity index (χ0v) is 9.97. The molecule has 0 saturated heterocycles. The molecule has 15 heavy (non-hydrogen) atoms. The van der Waals surface area contributed by atoms with Gasteiger partial charge in [0.1, 0.15) is 11.0 Å². The SMILES string of the molecule is CCNCc1ncoc1C(C)S(C)(=O)=O. The van der Waals surface area contributed by atoms with E-state index in [0.717, 1.165) is 6.54 Å². The predicted octanol–water partition coefficient (Wildman–Crippen LogP) is 0.890. The van der Waals surface area contributed by atoms with Crippen molar-refractivity contribution in [3.8, 4) is 0 Å². The number of aromatic nitrogens is 1. The maximum atomic E-state index is 11.3. The summed E-state index contributed by atoms with van der Waals surface area (Å²) in [6.45, 7) is 4.91. The average molecular weight is 232 g/mol. The van der Waals surface area contributed by atoms with E-state index in [9.17, 15) is 8.42 Å². The van der Waals surface area contributed by atoms with Crippen LogP contribution in [0.5, 0.6) is 0 Å². The van der Waals surface area contributed by atoms with Crippen molar-refractivity contribution in [3.05, 3.63) is 17.8 Å². The summed E-state index contributed by atoms with van der Waals surface area (Å²) in [5, 5.41) is 2.44.